The van der Waals surface area contributed by atoms with E-state index in [9.17, 15) is 10.2 Å². The third-order valence-corrected chi connectivity index (χ3v) is 8.58. The van der Waals surface area contributed by atoms with Crippen LogP contribution in [-0.4, -0.2) is 16.3 Å². The molecule has 0 radical (unpaired) electrons. The topological polar surface area (TPSA) is 40.5 Å². The Bertz CT molecular complexity index is 660. The van der Waals surface area contributed by atoms with E-state index in [2.05, 4.69) is 13.0 Å². The highest BCUT2D eigenvalue weighted by atomic mass is 16.3. The van der Waals surface area contributed by atoms with Gasteiger partial charge in [-0.05, 0) is 96.8 Å². The number of aliphatic hydroxyl groups excluding tert-OH is 1. The van der Waals surface area contributed by atoms with Gasteiger partial charge >= 0.3 is 0 Å². The van der Waals surface area contributed by atoms with Crippen LogP contribution in [0.1, 0.15) is 75.3 Å². The number of fused-ring (bicyclic) bond motifs is 5. The molecule has 3 saturated carbocycles. The zero-order valence-corrected chi connectivity index (χ0v) is 14.8. The maximum atomic E-state index is 11.3. The lowest BCUT2D eigenvalue weighted by Gasteiger charge is -2.50. The van der Waals surface area contributed by atoms with Crippen LogP contribution in [0.25, 0.3) is 0 Å². The summed E-state index contributed by atoms with van der Waals surface area (Å²) in [6, 6.07) is 6.04. The van der Waals surface area contributed by atoms with Crippen molar-refractivity contribution in [2.75, 3.05) is 0 Å². The normalized spacial score (nSPS) is 42.6. The molecule has 5 rings (SSSR count). The number of hydrogen-bond donors (Lipinski definition) is 2. The fraction of sp³-hybridized carbons (Fsp3) is 0.727. The molecule has 2 nitrogen and oxygen atoms in total. The highest BCUT2D eigenvalue weighted by Gasteiger charge is 2.63. The SMILES string of the molecule is C[C@@]12CC[C@H]3c4ccc(O)cc4CC[C@@H]3[C@H]1CC1(CCCC1)[C@@H]2O. The number of rotatable bonds is 0. The summed E-state index contributed by atoms with van der Waals surface area (Å²) in [5, 5.41) is 21.1. The molecule has 2 heteroatoms. The highest BCUT2D eigenvalue weighted by Crippen LogP contribution is 2.68. The number of phenols is 1. The number of aromatic hydroxyl groups is 1. The summed E-state index contributed by atoms with van der Waals surface area (Å²) >= 11 is 0. The first-order valence-corrected chi connectivity index (χ1v) is 10.0. The van der Waals surface area contributed by atoms with Crippen LogP contribution >= 0.6 is 0 Å². The lowest BCUT2D eigenvalue weighted by Crippen LogP contribution is -2.45. The molecule has 4 aliphatic carbocycles. The minimum atomic E-state index is -0.0836. The van der Waals surface area contributed by atoms with Gasteiger partial charge in [0.2, 0.25) is 0 Å². The van der Waals surface area contributed by atoms with Crippen molar-refractivity contribution in [3.63, 3.8) is 0 Å². The number of hydrogen-bond acceptors (Lipinski definition) is 2. The Labute approximate surface area is 145 Å². The van der Waals surface area contributed by atoms with E-state index in [1.165, 1.54) is 62.5 Å². The molecule has 5 atom stereocenters. The summed E-state index contributed by atoms with van der Waals surface area (Å²) < 4.78 is 0. The van der Waals surface area contributed by atoms with E-state index < -0.39 is 0 Å². The Hall–Kier alpha value is -1.02. The molecular formula is C22H30O2. The second-order valence-electron chi connectivity index (χ2n) is 9.52. The van der Waals surface area contributed by atoms with Crippen molar-refractivity contribution in [3.8, 4) is 5.75 Å². The molecule has 0 aromatic heterocycles. The van der Waals surface area contributed by atoms with E-state index in [1.807, 2.05) is 12.1 Å². The minimum Gasteiger partial charge on any atom is -0.508 e. The Morgan fingerprint density at radius 3 is 2.67 bits per heavy atom. The summed E-state index contributed by atoms with van der Waals surface area (Å²) in [4.78, 5) is 0. The van der Waals surface area contributed by atoms with E-state index >= 15 is 0 Å². The van der Waals surface area contributed by atoms with Gasteiger partial charge in [0.25, 0.3) is 0 Å². The van der Waals surface area contributed by atoms with Crippen molar-refractivity contribution >= 4 is 0 Å². The number of aryl methyl sites for hydroxylation is 1. The lowest BCUT2D eigenvalue weighted by molar-refractivity contribution is -0.0530. The van der Waals surface area contributed by atoms with Gasteiger partial charge in [0, 0.05) is 0 Å². The summed E-state index contributed by atoms with van der Waals surface area (Å²) in [5.74, 6) is 2.48. The molecule has 0 heterocycles. The van der Waals surface area contributed by atoms with Crippen molar-refractivity contribution in [2.45, 2.75) is 76.7 Å². The number of aliphatic hydroxyl groups is 1. The van der Waals surface area contributed by atoms with Gasteiger partial charge in [-0.15, -0.1) is 0 Å². The summed E-state index contributed by atoms with van der Waals surface area (Å²) in [6.07, 6.45) is 11.0. The zero-order chi connectivity index (χ0) is 16.5. The molecule has 0 unspecified atom stereocenters. The molecule has 2 N–H and O–H groups in total. The van der Waals surface area contributed by atoms with Crippen molar-refractivity contribution in [1.82, 2.24) is 0 Å². The van der Waals surface area contributed by atoms with Crippen LogP contribution in [0.2, 0.25) is 0 Å². The predicted octanol–water partition coefficient (Wildman–Crippen LogP) is 4.78. The van der Waals surface area contributed by atoms with Crippen LogP contribution in [0.3, 0.4) is 0 Å². The van der Waals surface area contributed by atoms with E-state index in [0.29, 0.717) is 17.6 Å². The molecule has 0 aliphatic heterocycles. The second-order valence-corrected chi connectivity index (χ2v) is 9.52. The molecule has 1 aromatic rings. The molecule has 4 aliphatic rings. The van der Waals surface area contributed by atoms with Crippen LogP contribution in [0.5, 0.6) is 5.75 Å². The minimum absolute atomic E-state index is 0.0836. The Morgan fingerprint density at radius 1 is 1.08 bits per heavy atom. The zero-order valence-electron chi connectivity index (χ0n) is 14.8. The van der Waals surface area contributed by atoms with Gasteiger partial charge in [0.05, 0.1) is 6.10 Å². The molecule has 1 aromatic carbocycles. The van der Waals surface area contributed by atoms with Gasteiger partial charge in [0.15, 0.2) is 0 Å². The first-order chi connectivity index (χ1) is 11.5. The average Bonchev–Trinajstić information content (AvgIpc) is 3.13. The summed E-state index contributed by atoms with van der Waals surface area (Å²) in [7, 11) is 0. The van der Waals surface area contributed by atoms with E-state index in [1.54, 1.807) is 0 Å². The molecule has 130 valence electrons. The Balaban J connectivity index is 1.52. The third kappa shape index (κ3) is 1.87. The van der Waals surface area contributed by atoms with Crippen LogP contribution in [0.15, 0.2) is 18.2 Å². The number of benzene rings is 1. The molecule has 0 saturated heterocycles. The van der Waals surface area contributed by atoms with Gasteiger partial charge < -0.3 is 10.2 Å². The van der Waals surface area contributed by atoms with Crippen molar-refractivity contribution in [2.24, 2.45) is 22.7 Å². The first-order valence-electron chi connectivity index (χ1n) is 10.0. The van der Waals surface area contributed by atoms with Gasteiger partial charge in [-0.3, -0.25) is 0 Å². The standard InChI is InChI=1S/C22H30O2/c1-21-11-8-17-16-7-5-15(23)12-14(16)4-6-18(17)19(21)13-22(20(21)24)9-2-3-10-22/h5,7,12,17-20,23-24H,2-4,6,8-11,13H2,1H3/t17-,18-,19+,20+,21+/m0/s1. The largest absolute Gasteiger partial charge is 0.508 e. The summed E-state index contributed by atoms with van der Waals surface area (Å²) in [6.45, 7) is 2.40. The fourth-order valence-electron chi connectivity index (χ4n) is 7.45. The Morgan fingerprint density at radius 2 is 1.88 bits per heavy atom. The monoisotopic (exact) mass is 326 g/mol. The molecule has 0 bridgehead atoms. The third-order valence-electron chi connectivity index (χ3n) is 8.58. The maximum absolute atomic E-state index is 11.3. The Kier molecular flexibility index (Phi) is 3.18. The molecule has 3 fully saturated rings. The average molecular weight is 326 g/mol. The predicted molar refractivity (Wildman–Crippen MR) is 95.0 cm³/mol. The molecule has 0 amide bonds. The first kappa shape index (κ1) is 15.3. The van der Waals surface area contributed by atoms with Crippen LogP contribution in [0, 0.1) is 22.7 Å². The summed E-state index contributed by atoms with van der Waals surface area (Å²) in [5.41, 5.74) is 3.24. The van der Waals surface area contributed by atoms with Gasteiger partial charge in [-0.25, -0.2) is 0 Å². The van der Waals surface area contributed by atoms with E-state index in [0.717, 1.165) is 12.3 Å². The molecule has 1 spiro atoms. The quantitative estimate of drug-likeness (QED) is 0.720. The van der Waals surface area contributed by atoms with Gasteiger partial charge in [-0.1, -0.05) is 25.8 Å². The van der Waals surface area contributed by atoms with Crippen LogP contribution < -0.4 is 0 Å². The van der Waals surface area contributed by atoms with Crippen molar-refractivity contribution in [1.29, 1.82) is 0 Å². The maximum Gasteiger partial charge on any atom is 0.115 e. The lowest BCUT2D eigenvalue weighted by atomic mass is 9.55. The molecule has 24 heavy (non-hydrogen) atoms. The number of phenolic OH excluding ortho intramolecular Hbond substituents is 1. The van der Waals surface area contributed by atoms with Crippen molar-refractivity contribution in [3.05, 3.63) is 29.3 Å². The van der Waals surface area contributed by atoms with E-state index in [-0.39, 0.29) is 16.9 Å². The van der Waals surface area contributed by atoms with Crippen molar-refractivity contribution < 1.29 is 10.2 Å². The van der Waals surface area contributed by atoms with Crippen LogP contribution in [0.4, 0.5) is 0 Å². The van der Waals surface area contributed by atoms with Crippen LogP contribution in [-0.2, 0) is 6.42 Å². The van der Waals surface area contributed by atoms with E-state index in [4.69, 9.17) is 0 Å². The molecular weight excluding hydrogens is 296 g/mol. The highest BCUT2D eigenvalue weighted by molar-refractivity contribution is 5.40. The smallest absolute Gasteiger partial charge is 0.115 e. The van der Waals surface area contributed by atoms with Gasteiger partial charge in [-0.2, -0.15) is 0 Å². The fourth-order valence-corrected chi connectivity index (χ4v) is 7.45. The van der Waals surface area contributed by atoms with Gasteiger partial charge in [0.1, 0.15) is 5.75 Å². The second kappa shape index (κ2) is 5.00.